The molecule has 0 spiro atoms. The van der Waals surface area contributed by atoms with Crippen LogP contribution in [0, 0.1) is 0 Å². The van der Waals surface area contributed by atoms with Gasteiger partial charge >= 0.3 is 0 Å². The van der Waals surface area contributed by atoms with Crippen molar-refractivity contribution < 1.29 is 0 Å². The Balaban J connectivity index is 0.00000112. The summed E-state index contributed by atoms with van der Waals surface area (Å²) in [6.07, 6.45) is 2.65. The summed E-state index contributed by atoms with van der Waals surface area (Å²) < 4.78 is 0. The molecule has 15 heavy (non-hydrogen) atoms. The summed E-state index contributed by atoms with van der Waals surface area (Å²) in [4.78, 5) is 3.96. The Morgan fingerprint density at radius 2 is 1.73 bits per heavy atom. The van der Waals surface area contributed by atoms with Crippen LogP contribution in [0.1, 0.15) is 11.1 Å². The minimum Gasteiger partial charge on any atom is -0.384 e. The number of pyridine rings is 1. The van der Waals surface area contributed by atoms with Gasteiger partial charge in [0.05, 0.1) is 0 Å². The number of aromatic nitrogens is 1. The predicted molar refractivity (Wildman–Crippen MR) is 65.1 cm³/mol. The lowest BCUT2D eigenvalue weighted by molar-refractivity contribution is 1.17. The van der Waals surface area contributed by atoms with Crippen LogP contribution in [0.3, 0.4) is 0 Å². The van der Waals surface area contributed by atoms with E-state index in [1.54, 1.807) is 6.20 Å². The van der Waals surface area contributed by atoms with Crippen LogP contribution in [-0.4, -0.2) is 4.98 Å². The predicted octanol–water partition coefficient (Wildman–Crippen LogP) is 2.68. The third kappa shape index (κ3) is 3.26. The summed E-state index contributed by atoms with van der Waals surface area (Å²) >= 11 is 0. The van der Waals surface area contributed by atoms with Crippen LogP contribution < -0.4 is 5.73 Å². The first kappa shape index (κ1) is 11.5. The van der Waals surface area contributed by atoms with Gasteiger partial charge in [-0.05, 0) is 29.7 Å². The first-order valence-corrected chi connectivity index (χ1v) is 4.59. The fourth-order valence-electron chi connectivity index (χ4n) is 1.44. The first-order chi connectivity index (χ1) is 6.84. The molecule has 3 heteroatoms. The zero-order valence-electron chi connectivity index (χ0n) is 8.26. The van der Waals surface area contributed by atoms with E-state index in [1.807, 2.05) is 30.3 Å². The smallest absolute Gasteiger partial charge is 0.123 e. The average molecular weight is 221 g/mol. The van der Waals surface area contributed by atoms with Gasteiger partial charge in [-0.1, -0.05) is 30.3 Å². The molecule has 1 aromatic heterocycles. The molecule has 78 valence electrons. The maximum Gasteiger partial charge on any atom is 0.123 e. The van der Waals surface area contributed by atoms with Crippen molar-refractivity contribution in [2.45, 2.75) is 6.42 Å². The first-order valence-electron chi connectivity index (χ1n) is 4.59. The van der Waals surface area contributed by atoms with Crippen LogP contribution in [0.25, 0.3) is 0 Å². The highest BCUT2D eigenvalue weighted by molar-refractivity contribution is 5.85. The highest BCUT2D eigenvalue weighted by Crippen LogP contribution is 2.10. The number of rotatable bonds is 2. The van der Waals surface area contributed by atoms with E-state index in [0.29, 0.717) is 5.82 Å². The van der Waals surface area contributed by atoms with E-state index < -0.39 is 0 Å². The maximum absolute atomic E-state index is 5.60. The van der Waals surface area contributed by atoms with Crippen molar-refractivity contribution in [3.05, 3.63) is 59.8 Å². The summed E-state index contributed by atoms with van der Waals surface area (Å²) in [5.74, 6) is 0.582. The fourth-order valence-corrected chi connectivity index (χ4v) is 1.44. The van der Waals surface area contributed by atoms with Gasteiger partial charge in [-0.2, -0.15) is 0 Å². The van der Waals surface area contributed by atoms with Crippen molar-refractivity contribution >= 4 is 18.2 Å². The molecule has 0 bridgehead atoms. The lowest BCUT2D eigenvalue weighted by Crippen LogP contribution is -1.93. The SMILES string of the molecule is Cl.Nc1cc(Cc2ccccc2)ccn1. The van der Waals surface area contributed by atoms with Gasteiger partial charge in [0.1, 0.15) is 5.82 Å². The zero-order valence-corrected chi connectivity index (χ0v) is 9.08. The van der Waals surface area contributed by atoms with Gasteiger partial charge in [-0.15, -0.1) is 12.4 Å². The molecule has 0 unspecified atom stereocenters. The Labute approximate surface area is 95.6 Å². The minimum absolute atomic E-state index is 0. The third-order valence-electron chi connectivity index (χ3n) is 2.10. The molecule has 1 aromatic carbocycles. The molecule has 0 saturated carbocycles. The topological polar surface area (TPSA) is 38.9 Å². The molecule has 0 saturated heterocycles. The van der Waals surface area contributed by atoms with Crippen molar-refractivity contribution in [2.24, 2.45) is 0 Å². The van der Waals surface area contributed by atoms with Gasteiger partial charge in [0.25, 0.3) is 0 Å². The Kier molecular flexibility index (Phi) is 4.13. The zero-order chi connectivity index (χ0) is 9.80. The van der Waals surface area contributed by atoms with Crippen molar-refractivity contribution in [1.29, 1.82) is 0 Å². The van der Waals surface area contributed by atoms with Gasteiger partial charge < -0.3 is 5.73 Å². The van der Waals surface area contributed by atoms with E-state index in [4.69, 9.17) is 5.73 Å². The molecule has 0 amide bonds. The molecule has 1 heterocycles. The fraction of sp³-hybridized carbons (Fsp3) is 0.0833. The molecular formula is C12H13ClN2. The summed E-state index contributed by atoms with van der Waals surface area (Å²) in [5, 5.41) is 0. The van der Waals surface area contributed by atoms with Crippen LogP contribution in [0.15, 0.2) is 48.7 Å². The van der Waals surface area contributed by atoms with Crippen LogP contribution in [0.2, 0.25) is 0 Å². The number of nitrogens with zero attached hydrogens (tertiary/aromatic N) is 1. The van der Waals surface area contributed by atoms with Crippen LogP contribution in [0.4, 0.5) is 5.82 Å². The van der Waals surface area contributed by atoms with E-state index in [1.165, 1.54) is 11.1 Å². The van der Waals surface area contributed by atoms with Gasteiger partial charge in [0.15, 0.2) is 0 Å². The average Bonchev–Trinajstić information content (AvgIpc) is 2.19. The Hall–Kier alpha value is -1.54. The Bertz CT molecular complexity index is 415. The number of halogens is 1. The van der Waals surface area contributed by atoms with Gasteiger partial charge in [-0.3, -0.25) is 0 Å². The van der Waals surface area contributed by atoms with E-state index in [9.17, 15) is 0 Å². The Morgan fingerprint density at radius 1 is 1.00 bits per heavy atom. The number of nitrogens with two attached hydrogens (primary N) is 1. The van der Waals surface area contributed by atoms with E-state index in [-0.39, 0.29) is 12.4 Å². The van der Waals surface area contributed by atoms with E-state index in [0.717, 1.165) is 6.42 Å². The molecule has 0 fully saturated rings. The van der Waals surface area contributed by atoms with Crippen LogP contribution in [-0.2, 0) is 6.42 Å². The number of nitrogen functional groups attached to an aromatic ring is 1. The molecule has 2 rings (SSSR count). The number of anilines is 1. The number of hydrogen-bond acceptors (Lipinski definition) is 2. The molecule has 0 aliphatic rings. The van der Waals surface area contributed by atoms with Gasteiger partial charge in [0.2, 0.25) is 0 Å². The quantitative estimate of drug-likeness (QED) is 0.845. The standard InChI is InChI=1S/C12H12N2.ClH/c13-12-9-11(6-7-14-12)8-10-4-2-1-3-5-10;/h1-7,9H,8H2,(H2,13,14);1H. The minimum atomic E-state index is 0. The molecule has 0 aliphatic carbocycles. The highest BCUT2D eigenvalue weighted by Gasteiger charge is 1.95. The molecule has 0 aliphatic heterocycles. The lowest BCUT2D eigenvalue weighted by atomic mass is 10.1. The highest BCUT2D eigenvalue weighted by atomic mass is 35.5. The van der Waals surface area contributed by atoms with Crippen molar-refractivity contribution in [1.82, 2.24) is 4.98 Å². The molecule has 2 N–H and O–H groups in total. The molecule has 0 atom stereocenters. The molecule has 0 radical (unpaired) electrons. The second-order valence-corrected chi connectivity index (χ2v) is 3.25. The van der Waals surface area contributed by atoms with Crippen molar-refractivity contribution in [2.75, 3.05) is 5.73 Å². The van der Waals surface area contributed by atoms with E-state index in [2.05, 4.69) is 17.1 Å². The monoisotopic (exact) mass is 220 g/mol. The molecular weight excluding hydrogens is 208 g/mol. The van der Waals surface area contributed by atoms with E-state index >= 15 is 0 Å². The normalized spacial score (nSPS) is 9.33. The second kappa shape index (κ2) is 5.37. The summed E-state index contributed by atoms with van der Waals surface area (Å²) in [6, 6.07) is 14.2. The molecule has 2 nitrogen and oxygen atoms in total. The largest absolute Gasteiger partial charge is 0.384 e. The van der Waals surface area contributed by atoms with Gasteiger partial charge in [0, 0.05) is 6.20 Å². The Morgan fingerprint density at radius 3 is 2.40 bits per heavy atom. The van der Waals surface area contributed by atoms with Crippen molar-refractivity contribution in [3.8, 4) is 0 Å². The summed E-state index contributed by atoms with van der Waals surface area (Å²) in [5.41, 5.74) is 8.09. The maximum atomic E-state index is 5.60. The van der Waals surface area contributed by atoms with Crippen molar-refractivity contribution in [3.63, 3.8) is 0 Å². The lowest BCUT2D eigenvalue weighted by Gasteiger charge is -2.01. The third-order valence-corrected chi connectivity index (χ3v) is 2.10. The number of hydrogen-bond donors (Lipinski definition) is 1. The summed E-state index contributed by atoms with van der Waals surface area (Å²) in [6.45, 7) is 0. The molecule has 2 aromatic rings. The number of benzene rings is 1. The summed E-state index contributed by atoms with van der Waals surface area (Å²) in [7, 11) is 0. The van der Waals surface area contributed by atoms with Crippen LogP contribution >= 0.6 is 12.4 Å². The second-order valence-electron chi connectivity index (χ2n) is 3.25. The van der Waals surface area contributed by atoms with Crippen LogP contribution in [0.5, 0.6) is 0 Å². The van der Waals surface area contributed by atoms with Gasteiger partial charge in [-0.25, -0.2) is 4.98 Å².